The first-order valence-electron chi connectivity index (χ1n) is 6.56. The molecule has 2 aliphatic heterocycles. The van der Waals surface area contributed by atoms with E-state index >= 15 is 0 Å². The van der Waals surface area contributed by atoms with Gasteiger partial charge in [0.25, 0.3) is 0 Å². The molecule has 0 radical (unpaired) electrons. The van der Waals surface area contributed by atoms with Gasteiger partial charge in [0.05, 0.1) is 12.7 Å². The predicted molar refractivity (Wildman–Crippen MR) is 64.1 cm³/mol. The van der Waals surface area contributed by atoms with Crippen molar-refractivity contribution in [1.29, 1.82) is 0 Å². The quantitative estimate of drug-likeness (QED) is 0.746. The van der Waals surface area contributed by atoms with Crippen molar-refractivity contribution in [2.24, 2.45) is 0 Å². The van der Waals surface area contributed by atoms with E-state index in [2.05, 4.69) is 17.1 Å². The zero-order chi connectivity index (χ0) is 11.4. The van der Waals surface area contributed by atoms with E-state index in [1.165, 1.54) is 25.9 Å². The summed E-state index contributed by atoms with van der Waals surface area (Å²) >= 11 is 0. The molecule has 2 saturated heterocycles. The van der Waals surface area contributed by atoms with E-state index in [1.807, 2.05) is 4.90 Å². The number of nitrogens with zero attached hydrogens (tertiary/aromatic N) is 2. The molecule has 1 unspecified atom stereocenters. The van der Waals surface area contributed by atoms with Crippen LogP contribution in [0.25, 0.3) is 0 Å². The number of carbonyl (C=O) groups is 1. The van der Waals surface area contributed by atoms with E-state index in [-0.39, 0.29) is 5.91 Å². The molecule has 0 aromatic carbocycles. The highest BCUT2D eigenvalue weighted by atomic mass is 16.2. The summed E-state index contributed by atoms with van der Waals surface area (Å²) in [7, 11) is 0. The summed E-state index contributed by atoms with van der Waals surface area (Å²) < 4.78 is 0. The zero-order valence-corrected chi connectivity index (χ0v) is 10.2. The lowest BCUT2D eigenvalue weighted by Gasteiger charge is -2.26. The zero-order valence-electron chi connectivity index (χ0n) is 10.2. The monoisotopic (exact) mass is 225 g/mol. The fourth-order valence-electron chi connectivity index (χ4n) is 2.66. The lowest BCUT2D eigenvalue weighted by atomic mass is 10.2. The Labute approximate surface area is 98.0 Å². The van der Waals surface area contributed by atoms with E-state index in [1.54, 1.807) is 0 Å². The van der Waals surface area contributed by atoms with Crippen LogP contribution in [-0.2, 0) is 4.79 Å². The summed E-state index contributed by atoms with van der Waals surface area (Å²) in [5, 5.41) is 3.29. The third kappa shape index (κ3) is 2.74. The second-order valence-electron chi connectivity index (χ2n) is 4.82. The number of hydrogen-bond acceptors (Lipinski definition) is 3. The third-order valence-electron chi connectivity index (χ3n) is 3.60. The van der Waals surface area contributed by atoms with Crippen LogP contribution in [0.5, 0.6) is 0 Å². The minimum atomic E-state index is 0.276. The molecule has 0 aromatic rings. The minimum absolute atomic E-state index is 0.276. The Morgan fingerprint density at radius 1 is 1.31 bits per heavy atom. The maximum atomic E-state index is 11.7. The van der Waals surface area contributed by atoms with Crippen LogP contribution < -0.4 is 5.32 Å². The Morgan fingerprint density at radius 3 is 2.75 bits per heavy atom. The van der Waals surface area contributed by atoms with Crippen molar-refractivity contribution in [2.75, 3.05) is 32.7 Å². The van der Waals surface area contributed by atoms with Gasteiger partial charge in [-0.05, 0) is 32.4 Å². The van der Waals surface area contributed by atoms with Crippen molar-refractivity contribution in [2.45, 2.75) is 38.8 Å². The second-order valence-corrected chi connectivity index (χ2v) is 4.82. The summed E-state index contributed by atoms with van der Waals surface area (Å²) in [5.41, 5.74) is 0. The standard InChI is InChI=1S/C12H23N3O/c1-2-5-11-13-10-12(16)15(11)9-8-14-6-3-4-7-14/h11,13H,2-10H2,1H3. The number of rotatable bonds is 5. The molecule has 2 heterocycles. The van der Waals surface area contributed by atoms with Gasteiger partial charge in [0.2, 0.25) is 5.91 Å². The lowest BCUT2D eigenvalue weighted by Crippen LogP contribution is -2.41. The van der Waals surface area contributed by atoms with Gasteiger partial charge in [0, 0.05) is 13.1 Å². The maximum absolute atomic E-state index is 11.7. The summed E-state index contributed by atoms with van der Waals surface area (Å²) in [6.07, 6.45) is 5.15. The number of carbonyl (C=O) groups excluding carboxylic acids is 1. The predicted octanol–water partition coefficient (Wildman–Crippen LogP) is 0.640. The van der Waals surface area contributed by atoms with Crippen LogP contribution in [0.2, 0.25) is 0 Å². The first-order chi connectivity index (χ1) is 7.81. The fraction of sp³-hybridized carbons (Fsp3) is 0.917. The van der Waals surface area contributed by atoms with E-state index in [4.69, 9.17) is 0 Å². The molecular formula is C12H23N3O. The molecule has 0 aliphatic carbocycles. The molecule has 16 heavy (non-hydrogen) atoms. The third-order valence-corrected chi connectivity index (χ3v) is 3.60. The largest absolute Gasteiger partial charge is 0.325 e. The Balaban J connectivity index is 1.78. The molecule has 2 rings (SSSR count). The average molecular weight is 225 g/mol. The number of hydrogen-bond donors (Lipinski definition) is 1. The van der Waals surface area contributed by atoms with Gasteiger partial charge in [-0.1, -0.05) is 13.3 Å². The van der Waals surface area contributed by atoms with Crippen LogP contribution >= 0.6 is 0 Å². The molecule has 1 atom stereocenters. The molecular weight excluding hydrogens is 202 g/mol. The summed E-state index contributed by atoms with van der Waals surface area (Å²) in [4.78, 5) is 16.2. The first kappa shape index (κ1) is 11.9. The van der Waals surface area contributed by atoms with Crippen molar-refractivity contribution >= 4 is 5.91 Å². The van der Waals surface area contributed by atoms with Gasteiger partial charge in [-0.25, -0.2) is 0 Å². The van der Waals surface area contributed by atoms with Gasteiger partial charge >= 0.3 is 0 Å². The van der Waals surface area contributed by atoms with E-state index < -0.39 is 0 Å². The van der Waals surface area contributed by atoms with Crippen molar-refractivity contribution in [1.82, 2.24) is 15.1 Å². The van der Waals surface area contributed by atoms with Gasteiger partial charge in [-0.3, -0.25) is 10.1 Å². The second kappa shape index (κ2) is 5.64. The Bertz CT molecular complexity index is 238. The van der Waals surface area contributed by atoms with Crippen molar-refractivity contribution in [3.63, 3.8) is 0 Å². The molecule has 0 aromatic heterocycles. The Hall–Kier alpha value is -0.610. The normalized spacial score (nSPS) is 26.9. The lowest BCUT2D eigenvalue weighted by molar-refractivity contribution is -0.128. The molecule has 0 saturated carbocycles. The molecule has 2 aliphatic rings. The molecule has 0 bridgehead atoms. The minimum Gasteiger partial charge on any atom is -0.325 e. The van der Waals surface area contributed by atoms with Crippen LogP contribution in [0.1, 0.15) is 32.6 Å². The average Bonchev–Trinajstić information content (AvgIpc) is 2.88. The number of amides is 1. The van der Waals surface area contributed by atoms with Crippen molar-refractivity contribution in [3.05, 3.63) is 0 Å². The van der Waals surface area contributed by atoms with Gasteiger partial charge in [0.15, 0.2) is 0 Å². The Morgan fingerprint density at radius 2 is 2.06 bits per heavy atom. The highest BCUT2D eigenvalue weighted by Gasteiger charge is 2.29. The van der Waals surface area contributed by atoms with Crippen molar-refractivity contribution in [3.8, 4) is 0 Å². The maximum Gasteiger partial charge on any atom is 0.237 e. The molecule has 1 N–H and O–H groups in total. The van der Waals surface area contributed by atoms with Crippen LogP contribution in [-0.4, -0.2) is 54.6 Å². The van der Waals surface area contributed by atoms with E-state index in [9.17, 15) is 4.79 Å². The van der Waals surface area contributed by atoms with Crippen LogP contribution in [0.4, 0.5) is 0 Å². The smallest absolute Gasteiger partial charge is 0.237 e. The van der Waals surface area contributed by atoms with Crippen LogP contribution in [0.15, 0.2) is 0 Å². The van der Waals surface area contributed by atoms with Crippen LogP contribution in [0, 0.1) is 0 Å². The number of nitrogens with one attached hydrogen (secondary N) is 1. The summed E-state index contributed by atoms with van der Waals surface area (Å²) in [5.74, 6) is 0.276. The highest BCUT2D eigenvalue weighted by molar-refractivity contribution is 5.80. The Kier molecular flexibility index (Phi) is 4.18. The highest BCUT2D eigenvalue weighted by Crippen LogP contribution is 2.12. The first-order valence-corrected chi connectivity index (χ1v) is 6.56. The topological polar surface area (TPSA) is 35.6 Å². The molecule has 0 spiro atoms. The van der Waals surface area contributed by atoms with Gasteiger partial charge < -0.3 is 9.80 Å². The van der Waals surface area contributed by atoms with Gasteiger partial charge in [-0.2, -0.15) is 0 Å². The van der Waals surface area contributed by atoms with Crippen molar-refractivity contribution < 1.29 is 4.79 Å². The van der Waals surface area contributed by atoms with Gasteiger partial charge in [-0.15, -0.1) is 0 Å². The SMILES string of the molecule is CCCC1NCC(=O)N1CCN1CCCC1. The molecule has 4 nitrogen and oxygen atoms in total. The number of likely N-dealkylation sites (tertiary alicyclic amines) is 1. The van der Waals surface area contributed by atoms with E-state index in [0.717, 1.165) is 25.9 Å². The van der Waals surface area contributed by atoms with Gasteiger partial charge in [0.1, 0.15) is 0 Å². The van der Waals surface area contributed by atoms with E-state index in [0.29, 0.717) is 12.7 Å². The molecule has 1 amide bonds. The molecule has 92 valence electrons. The molecule has 4 heteroatoms. The summed E-state index contributed by atoms with van der Waals surface area (Å²) in [6, 6.07) is 0. The fourth-order valence-corrected chi connectivity index (χ4v) is 2.66. The molecule has 2 fully saturated rings. The summed E-state index contributed by atoms with van der Waals surface area (Å²) in [6.45, 7) is 7.08. The van der Waals surface area contributed by atoms with Crippen LogP contribution in [0.3, 0.4) is 0 Å².